The van der Waals surface area contributed by atoms with E-state index in [1.54, 1.807) is 0 Å². The number of aromatic nitrogens is 3. The smallest absolute Gasteiger partial charge is 0.161 e. The second-order valence-electron chi connectivity index (χ2n) is 5.79. The van der Waals surface area contributed by atoms with Crippen molar-refractivity contribution in [2.45, 2.75) is 38.0 Å². The van der Waals surface area contributed by atoms with Gasteiger partial charge >= 0.3 is 0 Å². The zero-order valence-electron chi connectivity index (χ0n) is 11.8. The molecule has 2 atom stereocenters. The van der Waals surface area contributed by atoms with Gasteiger partial charge in [-0.2, -0.15) is 0 Å². The number of fused-ring (bicyclic) bond motifs is 1. The fourth-order valence-corrected chi connectivity index (χ4v) is 3.47. The van der Waals surface area contributed by atoms with Gasteiger partial charge in [-0.25, -0.2) is 9.97 Å². The Hall–Kier alpha value is -1.46. The van der Waals surface area contributed by atoms with Crippen molar-refractivity contribution in [1.29, 1.82) is 0 Å². The predicted molar refractivity (Wildman–Crippen MR) is 76.4 cm³/mol. The van der Waals surface area contributed by atoms with Crippen LogP contribution < -0.4 is 0 Å². The molecule has 0 bridgehead atoms. The van der Waals surface area contributed by atoms with Crippen LogP contribution in [0.4, 0.5) is 0 Å². The van der Waals surface area contributed by atoms with Gasteiger partial charge in [0.2, 0.25) is 0 Å². The molecule has 4 heterocycles. The van der Waals surface area contributed by atoms with Gasteiger partial charge in [0, 0.05) is 12.8 Å². The van der Waals surface area contributed by atoms with Crippen LogP contribution in [0.1, 0.15) is 43.8 Å². The van der Waals surface area contributed by atoms with Crippen LogP contribution in [0.2, 0.25) is 0 Å². The van der Waals surface area contributed by atoms with Gasteiger partial charge in [0.1, 0.15) is 17.4 Å². The van der Waals surface area contributed by atoms with Crippen molar-refractivity contribution in [3.05, 3.63) is 24.2 Å². The van der Waals surface area contributed by atoms with E-state index in [0.29, 0.717) is 6.17 Å². The Kier molecular flexibility index (Phi) is 2.97. The molecule has 2 aliphatic heterocycles. The lowest BCUT2D eigenvalue weighted by Gasteiger charge is -2.24. The quantitative estimate of drug-likeness (QED) is 0.842. The fourth-order valence-electron chi connectivity index (χ4n) is 3.47. The van der Waals surface area contributed by atoms with Crippen molar-refractivity contribution in [2.75, 3.05) is 20.2 Å². The van der Waals surface area contributed by atoms with Crippen molar-refractivity contribution >= 4 is 11.2 Å². The molecule has 2 unspecified atom stereocenters. The maximum atomic E-state index is 5.87. The number of hydrogen-bond acceptors (Lipinski definition) is 4. The van der Waals surface area contributed by atoms with Crippen molar-refractivity contribution in [3.63, 3.8) is 0 Å². The van der Waals surface area contributed by atoms with Gasteiger partial charge in [-0.1, -0.05) is 0 Å². The molecule has 0 amide bonds. The molecule has 4 rings (SSSR count). The number of ether oxygens (including phenoxy) is 1. The van der Waals surface area contributed by atoms with Gasteiger partial charge < -0.3 is 4.74 Å². The topological polar surface area (TPSA) is 43.2 Å². The molecule has 0 aromatic carbocycles. The van der Waals surface area contributed by atoms with E-state index in [1.165, 1.54) is 6.42 Å². The Morgan fingerprint density at radius 1 is 1.30 bits per heavy atom. The summed E-state index contributed by atoms with van der Waals surface area (Å²) in [5.74, 6) is 1.06. The summed E-state index contributed by atoms with van der Waals surface area (Å²) in [5.41, 5.74) is 1.98. The normalized spacial score (nSPS) is 27.6. The molecular weight excluding hydrogens is 252 g/mol. The van der Waals surface area contributed by atoms with Crippen LogP contribution in [0.15, 0.2) is 18.3 Å². The zero-order chi connectivity index (χ0) is 13.5. The monoisotopic (exact) mass is 272 g/mol. The molecule has 2 fully saturated rings. The molecule has 0 N–H and O–H groups in total. The SMILES string of the molecule is CN1CCCC1n1c(C2CCCO2)nc2cccnc21. The summed E-state index contributed by atoms with van der Waals surface area (Å²) in [6.45, 7) is 1.99. The molecule has 5 heteroatoms. The van der Waals surface area contributed by atoms with E-state index in [2.05, 4.69) is 21.5 Å². The number of hydrogen-bond donors (Lipinski definition) is 0. The molecule has 5 nitrogen and oxygen atoms in total. The molecule has 2 aromatic heterocycles. The highest BCUT2D eigenvalue weighted by atomic mass is 16.5. The van der Waals surface area contributed by atoms with Gasteiger partial charge in [-0.3, -0.25) is 9.47 Å². The van der Waals surface area contributed by atoms with Gasteiger partial charge in [0.05, 0.1) is 6.17 Å². The second-order valence-corrected chi connectivity index (χ2v) is 5.79. The van der Waals surface area contributed by atoms with Crippen molar-refractivity contribution < 1.29 is 4.74 Å². The molecule has 0 saturated carbocycles. The van der Waals surface area contributed by atoms with Crippen LogP contribution in [0.25, 0.3) is 11.2 Å². The first-order valence-corrected chi connectivity index (χ1v) is 7.49. The molecule has 0 spiro atoms. The first-order valence-electron chi connectivity index (χ1n) is 7.49. The molecule has 2 aliphatic rings. The standard InChI is InChI=1S/C15H20N4O/c1-18-9-3-7-13(18)19-14-11(5-2-8-16-14)17-15(19)12-6-4-10-20-12/h2,5,8,12-13H,3-4,6-7,9-10H2,1H3. The van der Waals surface area contributed by atoms with Crippen LogP contribution in [-0.4, -0.2) is 39.6 Å². The van der Waals surface area contributed by atoms with E-state index < -0.39 is 0 Å². The molecule has 0 aliphatic carbocycles. The third kappa shape index (κ3) is 1.84. The summed E-state index contributed by atoms with van der Waals surface area (Å²) in [6.07, 6.45) is 6.96. The maximum absolute atomic E-state index is 5.87. The highest BCUT2D eigenvalue weighted by Crippen LogP contribution is 2.35. The van der Waals surface area contributed by atoms with E-state index in [0.717, 1.165) is 49.4 Å². The number of pyridine rings is 1. The molecule has 2 aromatic rings. The van der Waals surface area contributed by atoms with Crippen molar-refractivity contribution in [3.8, 4) is 0 Å². The van der Waals surface area contributed by atoms with Crippen LogP contribution in [0, 0.1) is 0 Å². The molecular formula is C15H20N4O. The van der Waals surface area contributed by atoms with E-state index >= 15 is 0 Å². The van der Waals surface area contributed by atoms with Gasteiger partial charge in [0.15, 0.2) is 5.65 Å². The molecule has 2 saturated heterocycles. The van der Waals surface area contributed by atoms with E-state index in [9.17, 15) is 0 Å². The summed E-state index contributed by atoms with van der Waals surface area (Å²) in [4.78, 5) is 11.8. The number of likely N-dealkylation sites (tertiary alicyclic amines) is 1. The average molecular weight is 272 g/mol. The molecule has 20 heavy (non-hydrogen) atoms. The fraction of sp³-hybridized carbons (Fsp3) is 0.600. The van der Waals surface area contributed by atoms with Crippen molar-refractivity contribution in [2.24, 2.45) is 0 Å². The Balaban J connectivity index is 1.88. The van der Waals surface area contributed by atoms with Crippen LogP contribution in [0.3, 0.4) is 0 Å². The Labute approximate surface area is 118 Å². The van der Waals surface area contributed by atoms with E-state index in [1.807, 2.05) is 18.3 Å². The number of imidazole rings is 1. The maximum Gasteiger partial charge on any atom is 0.161 e. The number of nitrogens with zero attached hydrogens (tertiary/aromatic N) is 4. The van der Waals surface area contributed by atoms with Gasteiger partial charge in [-0.15, -0.1) is 0 Å². The van der Waals surface area contributed by atoms with Crippen molar-refractivity contribution in [1.82, 2.24) is 19.4 Å². The third-order valence-corrected chi connectivity index (χ3v) is 4.47. The highest BCUT2D eigenvalue weighted by molar-refractivity contribution is 5.71. The summed E-state index contributed by atoms with van der Waals surface area (Å²) in [7, 11) is 2.19. The Morgan fingerprint density at radius 3 is 3.00 bits per heavy atom. The minimum Gasteiger partial charge on any atom is -0.370 e. The van der Waals surface area contributed by atoms with Crippen LogP contribution >= 0.6 is 0 Å². The lowest BCUT2D eigenvalue weighted by Crippen LogP contribution is -2.25. The number of rotatable bonds is 2. The molecule has 106 valence electrons. The first kappa shape index (κ1) is 12.3. The van der Waals surface area contributed by atoms with Gasteiger partial charge in [0.25, 0.3) is 0 Å². The molecule has 0 radical (unpaired) electrons. The third-order valence-electron chi connectivity index (χ3n) is 4.47. The minimum absolute atomic E-state index is 0.137. The largest absolute Gasteiger partial charge is 0.370 e. The Morgan fingerprint density at radius 2 is 2.25 bits per heavy atom. The van der Waals surface area contributed by atoms with E-state index in [4.69, 9.17) is 9.72 Å². The predicted octanol–water partition coefficient (Wildman–Crippen LogP) is 2.51. The summed E-state index contributed by atoms with van der Waals surface area (Å²) in [6, 6.07) is 4.00. The zero-order valence-corrected chi connectivity index (χ0v) is 11.8. The van der Waals surface area contributed by atoms with Crippen LogP contribution in [-0.2, 0) is 4.74 Å². The summed E-state index contributed by atoms with van der Waals surface area (Å²) >= 11 is 0. The summed E-state index contributed by atoms with van der Waals surface area (Å²) in [5, 5.41) is 0. The first-order chi connectivity index (χ1) is 9.84. The Bertz CT molecular complexity index is 617. The van der Waals surface area contributed by atoms with Gasteiger partial charge in [-0.05, 0) is 51.4 Å². The highest BCUT2D eigenvalue weighted by Gasteiger charge is 2.31. The summed E-state index contributed by atoms with van der Waals surface area (Å²) < 4.78 is 8.19. The lowest BCUT2D eigenvalue weighted by atomic mass is 10.2. The lowest BCUT2D eigenvalue weighted by molar-refractivity contribution is 0.0959. The minimum atomic E-state index is 0.137. The second kappa shape index (κ2) is 4.82. The average Bonchev–Trinajstić information content (AvgIpc) is 3.15. The van der Waals surface area contributed by atoms with E-state index in [-0.39, 0.29) is 6.10 Å². The van der Waals surface area contributed by atoms with Crippen LogP contribution in [0.5, 0.6) is 0 Å².